The summed E-state index contributed by atoms with van der Waals surface area (Å²) in [6.07, 6.45) is 4.28. The van der Waals surface area contributed by atoms with Crippen LogP contribution < -0.4 is 5.43 Å². The molecule has 5 nitrogen and oxygen atoms in total. The van der Waals surface area contributed by atoms with Gasteiger partial charge >= 0.3 is 0 Å². The molecule has 1 aliphatic rings. The number of carbonyl (C=O) groups excluding carboxylic acids is 1. The highest BCUT2D eigenvalue weighted by molar-refractivity contribution is 7.12. The quantitative estimate of drug-likeness (QED) is 0.676. The molecule has 1 saturated heterocycles. The van der Waals surface area contributed by atoms with Crippen LogP contribution in [0.3, 0.4) is 0 Å². The molecule has 6 heteroatoms. The summed E-state index contributed by atoms with van der Waals surface area (Å²) < 4.78 is 7.98. The van der Waals surface area contributed by atoms with Gasteiger partial charge in [-0.05, 0) is 44.2 Å². The molecule has 122 valence electrons. The van der Waals surface area contributed by atoms with E-state index in [0.717, 1.165) is 37.3 Å². The first-order chi connectivity index (χ1) is 11.1. The van der Waals surface area contributed by atoms with Crippen molar-refractivity contribution in [3.05, 3.63) is 45.4 Å². The number of hydrazone groups is 1. The van der Waals surface area contributed by atoms with E-state index in [9.17, 15) is 4.79 Å². The summed E-state index contributed by atoms with van der Waals surface area (Å²) in [5.74, 6) is -0.176. The number of ether oxygens (including phenoxy) is 1. The van der Waals surface area contributed by atoms with Gasteiger partial charge in [0.25, 0.3) is 5.91 Å². The van der Waals surface area contributed by atoms with Gasteiger partial charge < -0.3 is 9.30 Å². The molecule has 1 N–H and O–H groups in total. The summed E-state index contributed by atoms with van der Waals surface area (Å²) in [7, 11) is 0. The molecule has 1 aliphatic heterocycles. The Morgan fingerprint density at radius 1 is 1.57 bits per heavy atom. The van der Waals surface area contributed by atoms with E-state index in [1.165, 1.54) is 17.0 Å². The fourth-order valence-electron chi connectivity index (χ4n) is 2.85. The molecular formula is C17H21N3O2S. The SMILES string of the molecule is Cc1cc(/C=N\NC(=O)c2cccs2)c(C)n1C[C@@H]1CCCO1. The third kappa shape index (κ3) is 3.71. The van der Waals surface area contributed by atoms with Crippen molar-refractivity contribution >= 4 is 23.5 Å². The highest BCUT2D eigenvalue weighted by Gasteiger charge is 2.18. The van der Waals surface area contributed by atoms with Gasteiger partial charge in [0.15, 0.2) is 0 Å². The van der Waals surface area contributed by atoms with Gasteiger partial charge in [-0.15, -0.1) is 11.3 Å². The number of nitrogens with zero attached hydrogens (tertiary/aromatic N) is 2. The molecule has 2 aromatic heterocycles. The van der Waals surface area contributed by atoms with Gasteiger partial charge in [0, 0.05) is 30.1 Å². The molecule has 0 spiro atoms. The fraction of sp³-hybridized carbons (Fsp3) is 0.412. The second-order valence-corrected chi connectivity index (χ2v) is 6.70. The van der Waals surface area contributed by atoms with Gasteiger partial charge in [-0.3, -0.25) is 4.79 Å². The molecule has 0 bridgehead atoms. The zero-order valence-electron chi connectivity index (χ0n) is 13.4. The number of hydrogen-bond donors (Lipinski definition) is 1. The van der Waals surface area contributed by atoms with Gasteiger partial charge in [0.2, 0.25) is 0 Å². The Morgan fingerprint density at radius 2 is 2.43 bits per heavy atom. The van der Waals surface area contributed by atoms with Gasteiger partial charge in [-0.25, -0.2) is 5.43 Å². The maximum absolute atomic E-state index is 11.8. The maximum atomic E-state index is 11.8. The van der Waals surface area contributed by atoms with Crippen molar-refractivity contribution in [2.45, 2.75) is 39.3 Å². The Hall–Kier alpha value is -1.92. The van der Waals surface area contributed by atoms with Crippen molar-refractivity contribution in [2.75, 3.05) is 6.61 Å². The first-order valence-corrected chi connectivity index (χ1v) is 8.68. The zero-order valence-corrected chi connectivity index (χ0v) is 14.2. The van der Waals surface area contributed by atoms with Crippen LogP contribution in [-0.2, 0) is 11.3 Å². The van der Waals surface area contributed by atoms with E-state index in [0.29, 0.717) is 11.0 Å². The number of amides is 1. The summed E-state index contributed by atoms with van der Waals surface area (Å²) in [6, 6.07) is 5.72. The van der Waals surface area contributed by atoms with E-state index in [1.807, 2.05) is 11.4 Å². The largest absolute Gasteiger partial charge is 0.376 e. The summed E-state index contributed by atoms with van der Waals surface area (Å²) >= 11 is 1.40. The van der Waals surface area contributed by atoms with Crippen molar-refractivity contribution in [2.24, 2.45) is 5.10 Å². The molecule has 23 heavy (non-hydrogen) atoms. The average Bonchev–Trinajstić information content (AvgIpc) is 3.26. The van der Waals surface area contributed by atoms with Gasteiger partial charge in [0.1, 0.15) is 0 Å². The molecular weight excluding hydrogens is 310 g/mol. The number of thiophene rings is 1. The van der Waals surface area contributed by atoms with Crippen LogP contribution in [0, 0.1) is 13.8 Å². The number of nitrogens with one attached hydrogen (secondary N) is 1. The van der Waals surface area contributed by atoms with E-state index in [4.69, 9.17) is 4.74 Å². The van der Waals surface area contributed by atoms with Gasteiger partial charge in [-0.2, -0.15) is 5.10 Å². The second kappa shape index (κ2) is 7.10. The van der Waals surface area contributed by atoms with E-state index < -0.39 is 0 Å². The van der Waals surface area contributed by atoms with Gasteiger partial charge in [0.05, 0.1) is 17.2 Å². The minimum atomic E-state index is -0.176. The zero-order chi connectivity index (χ0) is 16.2. The van der Waals surface area contributed by atoms with E-state index in [1.54, 1.807) is 12.3 Å². The van der Waals surface area contributed by atoms with Crippen LogP contribution in [0.4, 0.5) is 0 Å². The van der Waals surface area contributed by atoms with Crippen LogP contribution >= 0.6 is 11.3 Å². The molecule has 1 amide bonds. The lowest BCUT2D eigenvalue weighted by Gasteiger charge is -2.14. The minimum absolute atomic E-state index is 0.176. The topological polar surface area (TPSA) is 55.6 Å². The number of hydrogen-bond acceptors (Lipinski definition) is 4. The number of carbonyl (C=O) groups is 1. The third-order valence-electron chi connectivity index (χ3n) is 4.14. The Labute approximate surface area is 140 Å². The van der Waals surface area contributed by atoms with Crippen LogP contribution in [-0.4, -0.2) is 29.4 Å². The standard InChI is InChI=1S/C17H21N3O2S/c1-12-9-14(10-18-19-17(21)16-6-4-8-23-16)13(2)20(12)11-15-5-3-7-22-15/h4,6,8-10,15H,3,5,7,11H2,1-2H3,(H,19,21)/b18-10-/t15-/m0/s1. The Bertz CT molecular complexity index is 698. The molecule has 3 rings (SSSR count). The van der Waals surface area contributed by atoms with Crippen molar-refractivity contribution in [1.82, 2.24) is 9.99 Å². The van der Waals surface area contributed by atoms with E-state index in [-0.39, 0.29) is 5.91 Å². The Morgan fingerprint density at radius 3 is 3.13 bits per heavy atom. The lowest BCUT2D eigenvalue weighted by atomic mass is 10.2. The molecule has 0 aromatic carbocycles. The summed E-state index contributed by atoms with van der Waals surface area (Å²) in [5.41, 5.74) is 5.92. The van der Waals surface area contributed by atoms with Crippen molar-refractivity contribution in [1.29, 1.82) is 0 Å². The minimum Gasteiger partial charge on any atom is -0.376 e. The predicted octanol–water partition coefficient (Wildman–Crippen LogP) is 3.11. The highest BCUT2D eigenvalue weighted by Crippen LogP contribution is 2.19. The van der Waals surface area contributed by atoms with Crippen molar-refractivity contribution in [3.63, 3.8) is 0 Å². The Balaban J connectivity index is 1.65. The molecule has 0 radical (unpaired) electrons. The lowest BCUT2D eigenvalue weighted by molar-refractivity contribution is 0.0957. The van der Waals surface area contributed by atoms with Crippen LogP contribution in [0.2, 0.25) is 0 Å². The van der Waals surface area contributed by atoms with Crippen LogP contribution in [0.25, 0.3) is 0 Å². The van der Waals surface area contributed by atoms with Gasteiger partial charge in [-0.1, -0.05) is 6.07 Å². The second-order valence-electron chi connectivity index (χ2n) is 5.75. The summed E-state index contributed by atoms with van der Waals surface area (Å²) in [5, 5.41) is 5.95. The summed E-state index contributed by atoms with van der Waals surface area (Å²) in [4.78, 5) is 12.5. The predicted molar refractivity (Wildman–Crippen MR) is 92.3 cm³/mol. The molecule has 0 saturated carbocycles. The summed E-state index contributed by atoms with van der Waals surface area (Å²) in [6.45, 7) is 5.91. The monoisotopic (exact) mass is 331 g/mol. The molecule has 3 heterocycles. The maximum Gasteiger partial charge on any atom is 0.281 e. The van der Waals surface area contributed by atoms with E-state index in [2.05, 4.69) is 35.0 Å². The van der Waals surface area contributed by atoms with Crippen molar-refractivity contribution < 1.29 is 9.53 Å². The third-order valence-corrected chi connectivity index (χ3v) is 5.01. The molecule has 1 fully saturated rings. The van der Waals surface area contributed by atoms with Crippen LogP contribution in [0.1, 0.15) is 39.5 Å². The number of aryl methyl sites for hydroxylation is 1. The smallest absolute Gasteiger partial charge is 0.281 e. The Kier molecular flexibility index (Phi) is 4.93. The number of aromatic nitrogens is 1. The first kappa shape index (κ1) is 16.0. The lowest BCUT2D eigenvalue weighted by Crippen LogP contribution is -2.17. The number of rotatable bonds is 5. The van der Waals surface area contributed by atoms with E-state index >= 15 is 0 Å². The molecule has 2 aromatic rings. The first-order valence-electron chi connectivity index (χ1n) is 7.80. The van der Waals surface area contributed by atoms with Crippen LogP contribution in [0.5, 0.6) is 0 Å². The molecule has 1 atom stereocenters. The average molecular weight is 331 g/mol. The fourth-order valence-corrected chi connectivity index (χ4v) is 3.47. The highest BCUT2D eigenvalue weighted by atomic mass is 32.1. The normalized spacial score (nSPS) is 17.9. The van der Waals surface area contributed by atoms with Crippen molar-refractivity contribution in [3.8, 4) is 0 Å². The molecule has 0 unspecified atom stereocenters. The molecule has 0 aliphatic carbocycles. The van der Waals surface area contributed by atoms with Crippen LogP contribution in [0.15, 0.2) is 28.7 Å².